The van der Waals surface area contributed by atoms with Crippen LogP contribution in [-0.2, 0) is 6.42 Å². The van der Waals surface area contributed by atoms with Crippen LogP contribution < -0.4 is 5.73 Å². The van der Waals surface area contributed by atoms with Crippen LogP contribution in [0.25, 0.3) is 16.5 Å². The number of H-pyrrole nitrogens is 1. The third-order valence-corrected chi connectivity index (χ3v) is 3.21. The topological polar surface area (TPSA) is 72.0 Å². The molecule has 3 N–H and O–H groups in total. The Bertz CT molecular complexity index is 560. The van der Waals surface area contributed by atoms with Gasteiger partial charge in [0.05, 0.1) is 16.8 Å². The zero-order valence-corrected chi connectivity index (χ0v) is 9.37. The van der Waals surface area contributed by atoms with Crippen LogP contribution in [-0.4, -0.2) is 26.1 Å². The van der Waals surface area contributed by atoms with E-state index in [0.29, 0.717) is 12.3 Å². The van der Waals surface area contributed by atoms with Gasteiger partial charge in [-0.15, -0.1) is 11.3 Å². The summed E-state index contributed by atoms with van der Waals surface area (Å²) in [6, 6.07) is 4.04. The molecule has 82 valence electrons. The first-order chi connectivity index (χ1) is 7.86. The van der Waals surface area contributed by atoms with Gasteiger partial charge in [-0.25, -0.2) is 9.50 Å². The van der Waals surface area contributed by atoms with Crippen molar-refractivity contribution >= 4 is 17.1 Å². The van der Waals surface area contributed by atoms with Gasteiger partial charge in [0.25, 0.3) is 5.78 Å². The normalized spacial score (nSPS) is 11.3. The molecule has 3 heterocycles. The lowest BCUT2D eigenvalue weighted by molar-refractivity contribution is 0.922. The van der Waals surface area contributed by atoms with Crippen LogP contribution in [0.15, 0.2) is 23.7 Å². The average Bonchev–Trinajstić information content (AvgIpc) is 2.89. The Morgan fingerprint density at radius 1 is 1.44 bits per heavy atom. The maximum Gasteiger partial charge on any atom is 0.251 e. The Kier molecular flexibility index (Phi) is 2.23. The zero-order chi connectivity index (χ0) is 11.0. The summed E-state index contributed by atoms with van der Waals surface area (Å²) < 4.78 is 1.83. The summed E-state index contributed by atoms with van der Waals surface area (Å²) in [4.78, 5) is 9.92. The Morgan fingerprint density at radius 3 is 3.06 bits per heavy atom. The van der Waals surface area contributed by atoms with Crippen LogP contribution in [0.4, 0.5) is 0 Å². The highest BCUT2D eigenvalue weighted by Gasteiger charge is 2.08. The third kappa shape index (κ3) is 1.52. The van der Waals surface area contributed by atoms with Crippen molar-refractivity contribution in [1.82, 2.24) is 19.6 Å². The Labute approximate surface area is 95.9 Å². The third-order valence-electron chi connectivity index (χ3n) is 2.33. The number of hydrogen-bond acceptors (Lipinski definition) is 4. The summed E-state index contributed by atoms with van der Waals surface area (Å²) in [5, 5.41) is 5.22. The van der Waals surface area contributed by atoms with Crippen molar-refractivity contribution in [2.75, 3.05) is 6.54 Å². The fraction of sp³-hybridized carbons (Fsp3) is 0.200. The minimum absolute atomic E-state index is 0.609. The van der Waals surface area contributed by atoms with E-state index in [-0.39, 0.29) is 0 Å². The number of imidazole rings is 1. The molecule has 0 bridgehead atoms. The average molecular weight is 233 g/mol. The molecular weight excluding hydrogens is 222 g/mol. The highest BCUT2D eigenvalue weighted by Crippen LogP contribution is 2.21. The number of aromatic nitrogens is 4. The number of aromatic amines is 1. The second kappa shape index (κ2) is 3.73. The summed E-state index contributed by atoms with van der Waals surface area (Å²) in [6.45, 7) is 0.609. The van der Waals surface area contributed by atoms with Crippen LogP contribution >= 0.6 is 11.3 Å². The lowest BCUT2D eigenvalue weighted by atomic mass is 10.3. The molecule has 0 fully saturated rings. The van der Waals surface area contributed by atoms with Crippen molar-refractivity contribution in [1.29, 1.82) is 0 Å². The highest BCUT2D eigenvalue weighted by molar-refractivity contribution is 7.13. The maximum absolute atomic E-state index is 5.48. The van der Waals surface area contributed by atoms with Crippen molar-refractivity contribution < 1.29 is 0 Å². The number of hydrogen-bond donors (Lipinski definition) is 2. The van der Waals surface area contributed by atoms with Crippen LogP contribution in [0, 0.1) is 0 Å². The molecule has 0 aromatic carbocycles. The molecule has 0 saturated carbocycles. The van der Waals surface area contributed by atoms with Gasteiger partial charge in [-0.1, -0.05) is 6.07 Å². The van der Waals surface area contributed by atoms with Crippen LogP contribution in [0.1, 0.15) is 5.69 Å². The number of nitrogens with one attached hydrogen (secondary N) is 1. The molecule has 3 rings (SSSR count). The lowest BCUT2D eigenvalue weighted by Crippen LogP contribution is -2.02. The molecule has 5 nitrogen and oxygen atoms in total. The predicted molar refractivity (Wildman–Crippen MR) is 63.4 cm³/mol. The van der Waals surface area contributed by atoms with E-state index in [9.17, 15) is 0 Å². The molecule has 0 amide bonds. The van der Waals surface area contributed by atoms with Gasteiger partial charge in [-0.2, -0.15) is 4.98 Å². The van der Waals surface area contributed by atoms with Crippen molar-refractivity contribution in [3.63, 3.8) is 0 Å². The number of rotatable bonds is 3. The number of nitrogens with two attached hydrogens (primary N) is 1. The molecule has 0 saturated heterocycles. The second-order valence-corrected chi connectivity index (χ2v) is 4.44. The van der Waals surface area contributed by atoms with E-state index in [2.05, 4.69) is 15.1 Å². The van der Waals surface area contributed by atoms with Crippen molar-refractivity contribution in [2.24, 2.45) is 5.73 Å². The largest absolute Gasteiger partial charge is 0.330 e. The number of fused-ring (bicyclic) bond motifs is 1. The molecule has 0 radical (unpaired) electrons. The first-order valence-corrected chi connectivity index (χ1v) is 5.93. The summed E-state index contributed by atoms with van der Waals surface area (Å²) in [5.41, 5.74) is 6.45. The van der Waals surface area contributed by atoms with Crippen molar-refractivity contribution in [3.05, 3.63) is 29.4 Å². The smallest absolute Gasteiger partial charge is 0.251 e. The Morgan fingerprint density at radius 2 is 2.38 bits per heavy atom. The predicted octanol–water partition coefficient (Wildman–Crippen LogP) is 1.29. The van der Waals surface area contributed by atoms with E-state index < -0.39 is 0 Å². The molecule has 0 spiro atoms. The highest BCUT2D eigenvalue weighted by atomic mass is 32.1. The van der Waals surface area contributed by atoms with E-state index in [1.54, 1.807) is 11.3 Å². The fourth-order valence-corrected chi connectivity index (χ4v) is 2.27. The van der Waals surface area contributed by atoms with Crippen LogP contribution in [0.2, 0.25) is 0 Å². The molecule has 0 atom stereocenters. The minimum Gasteiger partial charge on any atom is -0.330 e. The molecule has 0 unspecified atom stereocenters. The Hall–Kier alpha value is -1.66. The molecule has 0 aliphatic rings. The van der Waals surface area contributed by atoms with E-state index in [1.165, 1.54) is 0 Å². The van der Waals surface area contributed by atoms with Gasteiger partial charge in [0.1, 0.15) is 0 Å². The van der Waals surface area contributed by atoms with Gasteiger partial charge < -0.3 is 5.73 Å². The molecule has 16 heavy (non-hydrogen) atoms. The van der Waals surface area contributed by atoms with Gasteiger partial charge >= 0.3 is 0 Å². The standard InChI is InChI=1S/C10H11N5S/c11-4-3-7-6-15-10(12-7)13-9(14-15)8-2-1-5-16-8/h1-2,5-6H,3-4,11H2,(H,12,13,14). The quantitative estimate of drug-likeness (QED) is 0.716. The molecule has 0 aliphatic heterocycles. The molecule has 0 aliphatic carbocycles. The van der Waals surface area contributed by atoms with Crippen molar-refractivity contribution in [3.8, 4) is 10.7 Å². The summed E-state index contributed by atoms with van der Waals surface area (Å²) in [5.74, 6) is 1.56. The first kappa shape index (κ1) is 9.56. The molecule has 3 aromatic rings. The number of nitrogens with zero attached hydrogens (tertiary/aromatic N) is 3. The second-order valence-electron chi connectivity index (χ2n) is 3.49. The Balaban J connectivity index is 2.02. The van der Waals surface area contributed by atoms with Gasteiger partial charge in [0.2, 0.25) is 0 Å². The van der Waals surface area contributed by atoms with Gasteiger partial charge in [0.15, 0.2) is 5.82 Å². The maximum atomic E-state index is 5.48. The van der Waals surface area contributed by atoms with Crippen LogP contribution in [0.3, 0.4) is 0 Å². The SMILES string of the molecule is NCCc1cn2[nH]c(-c3cccs3)nc2n1. The fourth-order valence-electron chi connectivity index (χ4n) is 1.61. The van der Waals surface area contributed by atoms with E-state index >= 15 is 0 Å². The monoisotopic (exact) mass is 233 g/mol. The van der Waals surface area contributed by atoms with E-state index in [1.807, 2.05) is 28.2 Å². The minimum atomic E-state index is 0.609. The molecule has 3 aromatic heterocycles. The first-order valence-electron chi connectivity index (χ1n) is 5.05. The van der Waals surface area contributed by atoms with Gasteiger partial charge in [0, 0.05) is 6.42 Å². The number of thiophene rings is 1. The van der Waals surface area contributed by atoms with Crippen LogP contribution in [0.5, 0.6) is 0 Å². The molecule has 6 heteroatoms. The zero-order valence-electron chi connectivity index (χ0n) is 8.55. The van der Waals surface area contributed by atoms with Gasteiger partial charge in [-0.3, -0.25) is 5.10 Å². The van der Waals surface area contributed by atoms with Crippen molar-refractivity contribution in [2.45, 2.75) is 6.42 Å². The lowest BCUT2D eigenvalue weighted by Gasteiger charge is -1.89. The molecular formula is C10H11N5S. The summed E-state index contributed by atoms with van der Waals surface area (Å²) in [7, 11) is 0. The summed E-state index contributed by atoms with van der Waals surface area (Å²) >= 11 is 1.65. The van der Waals surface area contributed by atoms with Gasteiger partial charge in [-0.05, 0) is 18.0 Å². The van der Waals surface area contributed by atoms with E-state index in [4.69, 9.17) is 5.73 Å². The summed E-state index contributed by atoms with van der Waals surface area (Å²) in [6.07, 6.45) is 2.72. The van der Waals surface area contributed by atoms with E-state index in [0.717, 1.165) is 22.8 Å².